The molecule has 5 rings (SSSR count). The van der Waals surface area contributed by atoms with Gasteiger partial charge in [-0.05, 0) is 42.3 Å². The number of hydrogen-bond acceptors (Lipinski definition) is 6. The van der Waals surface area contributed by atoms with Gasteiger partial charge in [0.1, 0.15) is 18.4 Å². The topological polar surface area (TPSA) is 92.8 Å². The quantitative estimate of drug-likeness (QED) is 0.162. The third-order valence-electron chi connectivity index (χ3n) is 6.08. The highest BCUT2D eigenvalue weighted by atomic mass is 32.1. The van der Waals surface area contributed by atoms with Crippen molar-refractivity contribution in [3.8, 4) is 11.8 Å². The summed E-state index contributed by atoms with van der Waals surface area (Å²) in [5.74, 6) is 0.574. The Kier molecular flexibility index (Phi) is 7.91. The lowest BCUT2D eigenvalue weighted by Gasteiger charge is -2.11. The largest absolute Gasteiger partial charge is 0.491 e. The van der Waals surface area contributed by atoms with Crippen LogP contribution in [0.25, 0.3) is 22.6 Å². The lowest BCUT2D eigenvalue weighted by molar-refractivity contribution is 0.102. The zero-order valence-electron chi connectivity index (χ0n) is 21.1. The number of nitriles is 1. The summed E-state index contributed by atoms with van der Waals surface area (Å²) in [6, 6.07) is 27.1. The summed E-state index contributed by atoms with van der Waals surface area (Å²) in [5, 5.41) is 22.7. The van der Waals surface area contributed by atoms with Crippen LogP contribution in [-0.4, -0.2) is 27.3 Å². The zero-order valence-corrected chi connectivity index (χ0v) is 21.9. The fraction of sp³-hybridized carbons (Fsp3) is 0.0968. The fourth-order valence-corrected chi connectivity index (χ4v) is 4.94. The summed E-state index contributed by atoms with van der Waals surface area (Å²) in [6.45, 7) is 4.95. The van der Waals surface area contributed by atoms with Crippen molar-refractivity contribution in [2.24, 2.45) is 0 Å². The Morgan fingerprint density at radius 2 is 1.82 bits per heavy atom. The minimum absolute atomic E-state index is 0.279. The molecule has 0 radical (unpaired) electrons. The van der Waals surface area contributed by atoms with Gasteiger partial charge >= 0.3 is 0 Å². The molecular weight excluding hydrogens is 506 g/mol. The summed E-state index contributed by atoms with van der Waals surface area (Å²) >= 11 is 1.16. The second-order valence-corrected chi connectivity index (χ2v) is 9.62. The number of fused-ring (bicyclic) bond motifs is 1. The van der Waals surface area contributed by atoms with Crippen LogP contribution in [0.3, 0.4) is 0 Å². The number of amides is 1. The molecule has 0 spiro atoms. The van der Waals surface area contributed by atoms with Gasteiger partial charge in [0, 0.05) is 28.2 Å². The highest BCUT2D eigenvalue weighted by Gasteiger charge is 2.14. The number of hydrogen-bond donors (Lipinski definition) is 1. The maximum absolute atomic E-state index is 12.5. The van der Waals surface area contributed by atoms with Crippen LogP contribution in [-0.2, 0) is 13.0 Å². The Labute approximate surface area is 230 Å². The molecule has 7 nitrogen and oxygen atoms in total. The molecule has 0 aliphatic heterocycles. The lowest BCUT2D eigenvalue weighted by atomic mass is 10.1. The van der Waals surface area contributed by atoms with E-state index < -0.39 is 0 Å². The molecule has 0 atom stereocenters. The molecule has 0 aliphatic carbocycles. The number of benzene rings is 3. The Balaban J connectivity index is 1.35. The summed E-state index contributed by atoms with van der Waals surface area (Å²) in [7, 11) is 0. The van der Waals surface area contributed by atoms with Crippen LogP contribution in [0.4, 0.5) is 5.13 Å². The van der Waals surface area contributed by atoms with Crippen molar-refractivity contribution in [1.29, 1.82) is 5.26 Å². The fourth-order valence-electron chi connectivity index (χ4n) is 4.24. The van der Waals surface area contributed by atoms with Gasteiger partial charge in [-0.1, -0.05) is 72.0 Å². The summed E-state index contributed by atoms with van der Waals surface area (Å²) < 4.78 is 8.23. The van der Waals surface area contributed by atoms with Crippen molar-refractivity contribution in [3.05, 3.63) is 119 Å². The number of nitrogens with one attached hydrogen (secondary N) is 1. The molecule has 5 aromatic rings. The van der Waals surface area contributed by atoms with Crippen LogP contribution >= 0.6 is 11.3 Å². The molecule has 3 aromatic carbocycles. The van der Waals surface area contributed by atoms with E-state index in [4.69, 9.17) is 4.74 Å². The molecule has 0 unspecified atom stereocenters. The molecule has 0 saturated carbocycles. The van der Waals surface area contributed by atoms with Crippen LogP contribution in [0.5, 0.6) is 5.75 Å². The molecule has 0 aliphatic rings. The number of carbonyl (C=O) groups is 1. The maximum atomic E-state index is 12.5. The normalized spacial score (nSPS) is 11.2. The number of para-hydroxylation sites is 2. The Morgan fingerprint density at radius 1 is 1.05 bits per heavy atom. The van der Waals surface area contributed by atoms with E-state index in [-0.39, 0.29) is 5.91 Å². The first-order valence-corrected chi connectivity index (χ1v) is 13.2. The van der Waals surface area contributed by atoms with E-state index in [0.717, 1.165) is 45.5 Å². The van der Waals surface area contributed by atoms with Crippen molar-refractivity contribution in [2.45, 2.75) is 13.0 Å². The van der Waals surface area contributed by atoms with Crippen molar-refractivity contribution < 1.29 is 9.53 Å². The highest BCUT2D eigenvalue weighted by Crippen LogP contribution is 2.29. The molecule has 2 heterocycles. The van der Waals surface area contributed by atoms with Gasteiger partial charge in [-0.3, -0.25) is 10.1 Å². The number of ether oxygens (including phenoxy) is 1. The third kappa shape index (κ3) is 5.95. The van der Waals surface area contributed by atoms with Crippen molar-refractivity contribution in [1.82, 2.24) is 14.8 Å². The van der Waals surface area contributed by atoms with E-state index >= 15 is 0 Å². The van der Waals surface area contributed by atoms with Gasteiger partial charge in [-0.2, -0.15) is 5.26 Å². The van der Waals surface area contributed by atoms with Crippen molar-refractivity contribution in [2.75, 3.05) is 11.9 Å². The Hall–Kier alpha value is -5.00. The first kappa shape index (κ1) is 25.6. The summed E-state index contributed by atoms with van der Waals surface area (Å²) in [4.78, 5) is 12.5. The molecule has 2 aromatic heterocycles. The van der Waals surface area contributed by atoms with Gasteiger partial charge in [-0.15, -0.1) is 16.8 Å². The van der Waals surface area contributed by atoms with E-state index in [1.165, 1.54) is 0 Å². The molecule has 0 fully saturated rings. The maximum Gasteiger partial charge on any atom is 0.257 e. The minimum atomic E-state index is -0.279. The number of rotatable bonds is 10. The average molecular weight is 532 g/mol. The molecule has 39 heavy (non-hydrogen) atoms. The molecular formula is C31H25N5O2S. The van der Waals surface area contributed by atoms with Gasteiger partial charge in [0.15, 0.2) is 5.01 Å². The van der Waals surface area contributed by atoms with Crippen molar-refractivity contribution in [3.63, 3.8) is 0 Å². The second-order valence-electron chi connectivity index (χ2n) is 8.65. The van der Waals surface area contributed by atoms with Crippen LogP contribution in [0.2, 0.25) is 0 Å². The first-order valence-electron chi connectivity index (χ1n) is 12.4. The smallest absolute Gasteiger partial charge is 0.257 e. The molecule has 1 amide bonds. The van der Waals surface area contributed by atoms with Gasteiger partial charge in [-0.25, -0.2) is 0 Å². The number of carbonyl (C=O) groups excluding carboxylic acids is 1. The van der Waals surface area contributed by atoms with E-state index in [0.29, 0.717) is 34.4 Å². The first-order chi connectivity index (χ1) is 19.2. The van der Waals surface area contributed by atoms with Crippen molar-refractivity contribution >= 4 is 44.9 Å². The van der Waals surface area contributed by atoms with E-state index in [1.54, 1.807) is 24.3 Å². The van der Waals surface area contributed by atoms with Gasteiger partial charge in [0.05, 0.1) is 12.1 Å². The molecule has 192 valence electrons. The lowest BCUT2D eigenvalue weighted by Crippen LogP contribution is -2.11. The average Bonchev–Trinajstić information content (AvgIpc) is 3.58. The van der Waals surface area contributed by atoms with Crippen LogP contribution in [0, 0.1) is 11.3 Å². The van der Waals surface area contributed by atoms with Gasteiger partial charge in [0.25, 0.3) is 5.91 Å². The van der Waals surface area contributed by atoms with Gasteiger partial charge < -0.3 is 9.30 Å². The minimum Gasteiger partial charge on any atom is -0.491 e. The standard InChI is InChI=1S/C31H25N5O2S/c1-2-10-22-11-6-9-16-28(22)38-18-17-36-21-25(26-14-7-8-15-27(26)36)19-24(20-32)30-34-35-31(39-30)33-29(37)23-12-4-3-5-13-23/h2-9,11-16,19,21H,1,10,17-18H2,(H,33,35,37)/b24-19+. The van der Waals surface area contributed by atoms with Crippen LogP contribution < -0.4 is 10.1 Å². The monoisotopic (exact) mass is 531 g/mol. The predicted molar refractivity (Wildman–Crippen MR) is 156 cm³/mol. The Morgan fingerprint density at radius 3 is 2.64 bits per heavy atom. The highest BCUT2D eigenvalue weighted by molar-refractivity contribution is 7.16. The number of aromatic nitrogens is 3. The third-order valence-corrected chi connectivity index (χ3v) is 6.95. The molecule has 0 saturated heterocycles. The van der Waals surface area contributed by atoms with E-state index in [9.17, 15) is 10.1 Å². The molecule has 8 heteroatoms. The predicted octanol–water partition coefficient (Wildman–Crippen LogP) is 6.62. The second kappa shape index (κ2) is 12.0. The van der Waals surface area contributed by atoms with E-state index in [1.807, 2.05) is 72.9 Å². The van der Waals surface area contributed by atoms with E-state index in [2.05, 4.69) is 32.7 Å². The van der Waals surface area contributed by atoms with Crippen LogP contribution in [0.15, 0.2) is 97.7 Å². The van der Waals surface area contributed by atoms with Gasteiger partial charge in [0.2, 0.25) is 5.13 Å². The molecule has 0 bridgehead atoms. The SMILES string of the molecule is C=CCc1ccccc1OCCn1cc(/C=C(\C#N)c2nnc(NC(=O)c3ccccc3)s2)c2ccccc21. The van der Waals surface area contributed by atoms with Crippen LogP contribution in [0.1, 0.15) is 26.5 Å². The Bertz CT molecular complexity index is 1700. The molecule has 1 N–H and O–H groups in total. The summed E-state index contributed by atoms with van der Waals surface area (Å²) in [5.41, 5.74) is 3.91. The number of anilines is 1. The summed E-state index contributed by atoms with van der Waals surface area (Å²) in [6.07, 6.45) is 6.44. The number of allylic oxidation sites excluding steroid dienone is 2. The zero-order chi connectivity index (χ0) is 27.0. The number of nitrogens with zero attached hydrogens (tertiary/aromatic N) is 4.